The number of aromatic nitrogens is 1. The Balaban J connectivity index is 1.33. The summed E-state index contributed by atoms with van der Waals surface area (Å²) >= 11 is 0. The molecule has 0 spiro atoms. The van der Waals surface area contributed by atoms with Crippen LogP contribution in [-0.2, 0) is 13.0 Å². The van der Waals surface area contributed by atoms with Gasteiger partial charge in [-0.1, -0.05) is 30.3 Å². The van der Waals surface area contributed by atoms with Crippen LogP contribution in [0, 0.1) is 11.8 Å². The predicted octanol–water partition coefficient (Wildman–Crippen LogP) is 2.76. The Morgan fingerprint density at radius 2 is 2.00 bits per heavy atom. The zero-order chi connectivity index (χ0) is 12.7. The summed E-state index contributed by atoms with van der Waals surface area (Å²) in [6, 6.07) is 15.0. The summed E-state index contributed by atoms with van der Waals surface area (Å²) in [5.74, 6) is 2.57. The SMILES string of the molecule is c1ccc(CNC[C@@H]2[C@H]3Cc4ccccc4[C@H]23)nc1. The zero-order valence-corrected chi connectivity index (χ0v) is 10.9. The average Bonchev–Trinajstić information content (AvgIpc) is 2.99. The van der Waals surface area contributed by atoms with Gasteiger partial charge in [-0.3, -0.25) is 4.98 Å². The number of hydrogen-bond donors (Lipinski definition) is 1. The molecule has 3 atom stereocenters. The summed E-state index contributed by atoms with van der Waals surface area (Å²) in [4.78, 5) is 4.34. The van der Waals surface area contributed by atoms with Gasteiger partial charge in [0.2, 0.25) is 0 Å². The third-order valence-electron chi connectivity index (χ3n) is 4.61. The molecule has 2 aromatic rings. The molecule has 0 amide bonds. The molecular formula is C17H18N2. The minimum absolute atomic E-state index is 0.826. The van der Waals surface area contributed by atoms with Gasteiger partial charge in [0.05, 0.1) is 5.69 Å². The minimum Gasteiger partial charge on any atom is -0.311 e. The lowest BCUT2D eigenvalue weighted by atomic mass is 10.0. The van der Waals surface area contributed by atoms with E-state index >= 15 is 0 Å². The van der Waals surface area contributed by atoms with E-state index in [0.717, 1.165) is 36.5 Å². The van der Waals surface area contributed by atoms with Crippen LogP contribution in [0.15, 0.2) is 48.7 Å². The smallest absolute Gasteiger partial charge is 0.0541 e. The van der Waals surface area contributed by atoms with E-state index in [1.165, 1.54) is 6.42 Å². The molecule has 1 saturated carbocycles. The first-order valence-electron chi connectivity index (χ1n) is 7.12. The first-order valence-corrected chi connectivity index (χ1v) is 7.12. The fourth-order valence-corrected chi connectivity index (χ4v) is 3.63. The summed E-state index contributed by atoms with van der Waals surface area (Å²) in [5.41, 5.74) is 4.32. The fraction of sp³-hybridized carbons (Fsp3) is 0.353. The van der Waals surface area contributed by atoms with E-state index in [4.69, 9.17) is 0 Å². The maximum atomic E-state index is 4.34. The van der Waals surface area contributed by atoms with Gasteiger partial charge >= 0.3 is 0 Å². The van der Waals surface area contributed by atoms with Crippen LogP contribution in [-0.4, -0.2) is 11.5 Å². The van der Waals surface area contributed by atoms with E-state index in [-0.39, 0.29) is 0 Å². The molecule has 0 aliphatic heterocycles. The third kappa shape index (κ3) is 1.96. The molecular weight excluding hydrogens is 232 g/mol. The molecule has 0 saturated heterocycles. The standard InChI is InChI=1S/C17H18N2/c1-2-7-14-12(5-1)9-15-16(17(14)15)11-18-10-13-6-3-4-8-19-13/h1-8,15-18H,9-11H2/t15-,16-,17+/m1/s1. The highest BCUT2D eigenvalue weighted by molar-refractivity contribution is 5.43. The first kappa shape index (κ1) is 11.2. The Hall–Kier alpha value is -1.67. The number of nitrogens with zero attached hydrogens (tertiary/aromatic N) is 1. The van der Waals surface area contributed by atoms with Crippen LogP contribution in [0.25, 0.3) is 0 Å². The van der Waals surface area contributed by atoms with Crippen molar-refractivity contribution in [2.24, 2.45) is 11.8 Å². The Kier molecular flexibility index (Phi) is 2.63. The molecule has 19 heavy (non-hydrogen) atoms. The molecule has 1 N–H and O–H groups in total. The highest BCUT2D eigenvalue weighted by Gasteiger charge is 2.54. The molecule has 2 aliphatic carbocycles. The fourth-order valence-electron chi connectivity index (χ4n) is 3.63. The van der Waals surface area contributed by atoms with Crippen molar-refractivity contribution in [3.05, 3.63) is 65.5 Å². The van der Waals surface area contributed by atoms with E-state index in [1.54, 1.807) is 11.1 Å². The van der Waals surface area contributed by atoms with Crippen LogP contribution < -0.4 is 5.32 Å². The number of nitrogens with one attached hydrogen (secondary N) is 1. The molecule has 1 aromatic heterocycles. The van der Waals surface area contributed by atoms with E-state index in [2.05, 4.69) is 40.6 Å². The monoisotopic (exact) mass is 250 g/mol. The lowest BCUT2D eigenvalue weighted by molar-refractivity contribution is 0.583. The lowest BCUT2D eigenvalue weighted by Crippen LogP contribution is -2.19. The second-order valence-electron chi connectivity index (χ2n) is 5.71. The van der Waals surface area contributed by atoms with Crippen LogP contribution in [0.3, 0.4) is 0 Å². The van der Waals surface area contributed by atoms with Crippen molar-refractivity contribution < 1.29 is 0 Å². The van der Waals surface area contributed by atoms with Crippen molar-refractivity contribution in [1.82, 2.24) is 10.3 Å². The number of pyridine rings is 1. The molecule has 2 aliphatic rings. The Labute approximate surface area is 113 Å². The van der Waals surface area contributed by atoms with Gasteiger partial charge in [0.25, 0.3) is 0 Å². The third-order valence-corrected chi connectivity index (χ3v) is 4.61. The quantitative estimate of drug-likeness (QED) is 0.902. The van der Waals surface area contributed by atoms with Gasteiger partial charge < -0.3 is 5.32 Å². The average molecular weight is 250 g/mol. The molecule has 1 heterocycles. The van der Waals surface area contributed by atoms with Crippen LogP contribution in [0.2, 0.25) is 0 Å². The van der Waals surface area contributed by atoms with Gasteiger partial charge in [-0.15, -0.1) is 0 Å². The van der Waals surface area contributed by atoms with E-state index in [0.29, 0.717) is 0 Å². The summed E-state index contributed by atoms with van der Waals surface area (Å²) in [5, 5.41) is 3.56. The Bertz CT molecular complexity index is 579. The van der Waals surface area contributed by atoms with Gasteiger partial charge in [-0.25, -0.2) is 0 Å². The van der Waals surface area contributed by atoms with Crippen LogP contribution in [0.1, 0.15) is 22.7 Å². The highest BCUT2D eigenvalue weighted by Crippen LogP contribution is 2.60. The van der Waals surface area contributed by atoms with Crippen LogP contribution in [0.5, 0.6) is 0 Å². The predicted molar refractivity (Wildman–Crippen MR) is 75.8 cm³/mol. The molecule has 0 unspecified atom stereocenters. The van der Waals surface area contributed by atoms with Crippen molar-refractivity contribution in [3.63, 3.8) is 0 Å². The van der Waals surface area contributed by atoms with Crippen LogP contribution >= 0.6 is 0 Å². The van der Waals surface area contributed by atoms with Gasteiger partial charge in [0, 0.05) is 12.7 Å². The second kappa shape index (κ2) is 4.46. The summed E-state index contributed by atoms with van der Waals surface area (Å²) in [7, 11) is 0. The van der Waals surface area contributed by atoms with Crippen molar-refractivity contribution in [1.29, 1.82) is 0 Å². The van der Waals surface area contributed by atoms with Gasteiger partial charge in [-0.2, -0.15) is 0 Å². The Morgan fingerprint density at radius 1 is 1.11 bits per heavy atom. The van der Waals surface area contributed by atoms with Gasteiger partial charge in [-0.05, 0) is 54.0 Å². The first-order chi connectivity index (χ1) is 9.43. The van der Waals surface area contributed by atoms with Crippen LogP contribution in [0.4, 0.5) is 0 Å². The van der Waals surface area contributed by atoms with Crippen molar-refractivity contribution >= 4 is 0 Å². The molecule has 96 valence electrons. The number of rotatable bonds is 4. The summed E-state index contributed by atoms with van der Waals surface area (Å²) in [6.45, 7) is 2.01. The number of fused-ring (bicyclic) bond motifs is 3. The molecule has 0 bridgehead atoms. The number of hydrogen-bond acceptors (Lipinski definition) is 2. The summed E-state index contributed by atoms with van der Waals surface area (Å²) < 4.78 is 0. The maximum absolute atomic E-state index is 4.34. The minimum atomic E-state index is 0.826. The topological polar surface area (TPSA) is 24.9 Å². The number of benzene rings is 1. The lowest BCUT2D eigenvalue weighted by Gasteiger charge is -2.08. The van der Waals surface area contributed by atoms with Gasteiger partial charge in [0.15, 0.2) is 0 Å². The van der Waals surface area contributed by atoms with E-state index in [1.807, 2.05) is 18.3 Å². The van der Waals surface area contributed by atoms with Crippen molar-refractivity contribution in [3.8, 4) is 0 Å². The molecule has 1 aromatic carbocycles. The summed E-state index contributed by atoms with van der Waals surface area (Å²) in [6.07, 6.45) is 3.15. The molecule has 2 nitrogen and oxygen atoms in total. The van der Waals surface area contributed by atoms with E-state index in [9.17, 15) is 0 Å². The highest BCUT2D eigenvalue weighted by atomic mass is 14.9. The normalized spacial score (nSPS) is 26.8. The van der Waals surface area contributed by atoms with Crippen molar-refractivity contribution in [2.45, 2.75) is 18.9 Å². The van der Waals surface area contributed by atoms with Gasteiger partial charge in [0.1, 0.15) is 0 Å². The van der Waals surface area contributed by atoms with Crippen molar-refractivity contribution in [2.75, 3.05) is 6.54 Å². The molecule has 1 fully saturated rings. The maximum Gasteiger partial charge on any atom is 0.0541 e. The zero-order valence-electron chi connectivity index (χ0n) is 10.9. The van der Waals surface area contributed by atoms with E-state index < -0.39 is 0 Å². The largest absolute Gasteiger partial charge is 0.311 e. The molecule has 0 radical (unpaired) electrons. The molecule has 4 rings (SSSR count). The second-order valence-corrected chi connectivity index (χ2v) is 5.71. The Morgan fingerprint density at radius 3 is 2.89 bits per heavy atom. The molecule has 2 heteroatoms.